The van der Waals surface area contributed by atoms with Gasteiger partial charge in [-0.2, -0.15) is 13.2 Å². The summed E-state index contributed by atoms with van der Waals surface area (Å²) in [6.07, 6.45) is 64.6. The summed E-state index contributed by atoms with van der Waals surface area (Å²) in [5, 5.41) is 0. The quantitative estimate of drug-likeness (QED) is 0.0613. The fraction of sp³-hybridized carbons (Fsp3) is 0.656. The van der Waals surface area contributed by atoms with E-state index in [1.165, 1.54) is 270 Å². The highest BCUT2D eigenvalue weighted by Gasteiger charge is 2.43. The fourth-order valence-electron chi connectivity index (χ4n) is 23.8. The van der Waals surface area contributed by atoms with E-state index in [-0.39, 0.29) is 41.8 Å². The van der Waals surface area contributed by atoms with E-state index in [9.17, 15) is 13.2 Å². The number of allylic oxidation sites excluding steroid dienone is 2. The number of hydrogen-bond donors (Lipinski definition) is 0. The van der Waals surface area contributed by atoms with Crippen LogP contribution in [0.15, 0.2) is 122 Å². The standard InChI is InChI=1S/C16H25N2.2C15H22N2.3C13H16FN.C8H12.HI/c1-18(2,3)16-8-7-14(11-17-16)15-10-12-5-4-6-13(15)9-12;2*1-17(2)15-7-6-13(10-16-15)14-9-11-4-3-5-12(14)8-11;3*14-13-5-4-11(8-15-13)12-7-9-2-1-3-10(12)6-9;1-2-7-4-5-8(3-1)6-7;/h7-8,11-13,15H,4-6,9-10H2,1-3H3;2*6-7,10-12,14H,3-5,8-9H2,1-2H3;3*4-5,8-10,12H,1-3,6-7H2;4-5,7-8H,1-3,6H2;1H/q+1;;;;;;;. The molecule has 6 aromatic rings. The molecule has 0 amide bonds. The number of quaternary nitrogens is 1. The largest absolute Gasteiger partial charge is 0.363 e. The Kier molecular flexibility index (Phi) is 27.3. The minimum Gasteiger partial charge on any atom is -0.363 e. The molecular weight excluding hydrogens is 1430 g/mol. The first-order chi connectivity index (χ1) is 50.9. The molecule has 0 saturated heterocycles. The Hall–Kier alpha value is -5.28. The van der Waals surface area contributed by atoms with Crippen molar-refractivity contribution in [3.63, 3.8) is 0 Å². The summed E-state index contributed by atoms with van der Waals surface area (Å²) in [5.74, 6) is 19.7. The van der Waals surface area contributed by atoms with E-state index in [4.69, 9.17) is 0 Å². The lowest BCUT2D eigenvalue weighted by Crippen LogP contribution is -2.35. The molecule has 20 unspecified atom stereocenters. The molecule has 13 fully saturated rings. The van der Waals surface area contributed by atoms with Gasteiger partial charge in [-0.15, -0.1) is 24.0 Å². The van der Waals surface area contributed by atoms with Crippen LogP contribution in [-0.2, 0) is 0 Å². The van der Waals surface area contributed by atoms with Crippen LogP contribution >= 0.6 is 24.0 Å². The third-order valence-corrected chi connectivity index (χ3v) is 29.0. The Morgan fingerprint density at radius 2 is 0.528 bits per heavy atom. The first kappa shape index (κ1) is 78.8. The molecule has 574 valence electrons. The van der Waals surface area contributed by atoms with Gasteiger partial charge < -0.3 is 9.80 Å². The molecule has 20 rings (SSSR count). The van der Waals surface area contributed by atoms with E-state index in [0.717, 1.165) is 123 Å². The van der Waals surface area contributed by atoms with E-state index < -0.39 is 0 Å². The van der Waals surface area contributed by atoms with Crippen molar-refractivity contribution >= 4 is 41.4 Å². The molecule has 0 N–H and O–H groups in total. The smallest absolute Gasteiger partial charge is 0.226 e. The number of anilines is 2. The van der Waals surface area contributed by atoms with Crippen LogP contribution in [0.4, 0.5) is 30.6 Å². The van der Waals surface area contributed by atoms with Gasteiger partial charge >= 0.3 is 0 Å². The molecule has 13 heteroatoms. The average Bonchev–Trinajstić information content (AvgIpc) is 1.68. The van der Waals surface area contributed by atoms with Gasteiger partial charge in [0.25, 0.3) is 0 Å². The number of pyridine rings is 6. The lowest BCUT2D eigenvalue weighted by atomic mass is 9.85. The topological polar surface area (TPSA) is 83.8 Å². The van der Waals surface area contributed by atoms with E-state index >= 15 is 0 Å². The summed E-state index contributed by atoms with van der Waals surface area (Å²) in [6.45, 7) is 0. The predicted octanol–water partition coefficient (Wildman–Crippen LogP) is 24.0. The van der Waals surface area contributed by atoms with Gasteiger partial charge in [-0.3, -0.25) is 4.48 Å². The first-order valence-corrected chi connectivity index (χ1v) is 42.5. The average molecular weight is 1560 g/mol. The zero-order valence-corrected chi connectivity index (χ0v) is 68.0. The van der Waals surface area contributed by atoms with Crippen molar-refractivity contribution in [2.75, 3.05) is 59.1 Å². The van der Waals surface area contributed by atoms with E-state index in [0.29, 0.717) is 17.8 Å². The number of nitrogens with zero attached hydrogens (tertiary/aromatic N) is 9. The van der Waals surface area contributed by atoms with Crippen molar-refractivity contribution in [2.45, 2.75) is 254 Å². The maximum absolute atomic E-state index is 12.7. The molecule has 0 radical (unpaired) electrons. The van der Waals surface area contributed by atoms with E-state index in [2.05, 4.69) is 128 Å². The van der Waals surface area contributed by atoms with E-state index in [1.807, 2.05) is 46.4 Å². The summed E-state index contributed by atoms with van der Waals surface area (Å²) in [5.41, 5.74) is 8.21. The number of aromatic nitrogens is 6. The molecule has 0 aromatic carbocycles. The van der Waals surface area contributed by atoms with E-state index in [1.54, 1.807) is 18.6 Å². The van der Waals surface area contributed by atoms with Gasteiger partial charge in [-0.1, -0.05) is 126 Å². The third kappa shape index (κ3) is 20.3. The Morgan fingerprint density at radius 3 is 0.726 bits per heavy atom. The number of halogens is 4. The van der Waals surface area contributed by atoms with Gasteiger partial charge in [0.1, 0.15) is 11.6 Å². The first-order valence-electron chi connectivity index (χ1n) is 42.5. The fourth-order valence-corrected chi connectivity index (χ4v) is 23.8. The van der Waals surface area contributed by atoms with Gasteiger partial charge in [0.15, 0.2) is 0 Å². The molecule has 14 aliphatic rings. The lowest BCUT2D eigenvalue weighted by molar-refractivity contribution is 0.350. The lowest BCUT2D eigenvalue weighted by Gasteiger charge is -2.23. The number of rotatable bonds is 9. The molecule has 14 bridgehead atoms. The highest BCUT2D eigenvalue weighted by atomic mass is 127. The molecule has 0 spiro atoms. The summed E-state index contributed by atoms with van der Waals surface area (Å²) in [6, 6.07) is 23.7. The van der Waals surface area contributed by atoms with Crippen molar-refractivity contribution < 1.29 is 13.2 Å². The number of hydrogen-bond acceptors (Lipinski definition) is 8. The molecule has 6 heterocycles. The van der Waals surface area contributed by atoms with Crippen LogP contribution in [0.2, 0.25) is 0 Å². The highest BCUT2D eigenvalue weighted by Crippen LogP contribution is 2.56. The molecule has 0 aliphatic heterocycles. The van der Waals surface area contributed by atoms with Gasteiger partial charge in [0, 0.05) is 71.4 Å². The van der Waals surface area contributed by atoms with Crippen molar-refractivity contribution in [3.8, 4) is 0 Å². The second kappa shape index (κ2) is 36.7. The molecular formula is C93H130F3IN9+. The molecule has 20 atom stereocenters. The van der Waals surface area contributed by atoms with Gasteiger partial charge in [0.2, 0.25) is 23.7 Å². The Bertz CT molecular complexity index is 3420. The van der Waals surface area contributed by atoms with Crippen molar-refractivity contribution in [3.05, 3.63) is 173 Å². The minimum atomic E-state index is -0.361. The van der Waals surface area contributed by atoms with Crippen LogP contribution in [0.5, 0.6) is 0 Å². The minimum absolute atomic E-state index is 0. The van der Waals surface area contributed by atoms with Crippen LogP contribution in [-0.4, -0.2) is 79.2 Å². The summed E-state index contributed by atoms with van der Waals surface area (Å²) in [7, 11) is 14.7. The Balaban J connectivity index is 0.000000110. The van der Waals surface area contributed by atoms with Crippen LogP contribution in [0.1, 0.15) is 287 Å². The van der Waals surface area contributed by atoms with Crippen molar-refractivity contribution in [2.24, 2.45) is 82.9 Å². The SMILES string of the molecule is C1=CC2CCCC1C2.CN(C)c1ccc(C2CC3CCCC2C3)cn1.CN(C)c1ccc(C2CC3CCCC2C3)cn1.C[N+](C)(C)c1ccc(C2CC3CCCC2C3)cn1.Fc1ccc(C2CC3CCCC2C3)cn1.Fc1ccc(C2CC3CCCC2C3)cn1.Fc1ccc(C2CC3CCCC2C3)cn1.I. The third-order valence-electron chi connectivity index (χ3n) is 29.0. The maximum atomic E-state index is 12.7. The number of fused-ring (bicyclic) bond motifs is 14. The zero-order chi connectivity index (χ0) is 72.6. The maximum Gasteiger partial charge on any atom is 0.226 e. The molecule has 14 aliphatic carbocycles. The van der Waals surface area contributed by atoms with Gasteiger partial charge in [0.05, 0.1) is 21.1 Å². The second-order valence-electron chi connectivity index (χ2n) is 37.3. The zero-order valence-electron chi connectivity index (χ0n) is 65.7. The molecule has 106 heavy (non-hydrogen) atoms. The monoisotopic (exact) mass is 1560 g/mol. The molecule has 13 saturated carbocycles. The Labute approximate surface area is 653 Å². The van der Waals surface area contributed by atoms with Crippen LogP contribution < -0.4 is 14.3 Å². The van der Waals surface area contributed by atoms with Gasteiger partial charge in [-0.25, -0.2) is 29.9 Å². The summed E-state index contributed by atoms with van der Waals surface area (Å²) < 4.78 is 39.0. The summed E-state index contributed by atoms with van der Waals surface area (Å²) in [4.78, 5) is 29.3. The van der Waals surface area contributed by atoms with Crippen LogP contribution in [0.25, 0.3) is 0 Å². The molecule has 9 nitrogen and oxygen atoms in total. The summed E-state index contributed by atoms with van der Waals surface area (Å²) >= 11 is 0. The van der Waals surface area contributed by atoms with Crippen molar-refractivity contribution in [1.82, 2.24) is 34.4 Å². The predicted molar refractivity (Wildman–Crippen MR) is 440 cm³/mol. The van der Waals surface area contributed by atoms with Crippen LogP contribution in [0, 0.1) is 101 Å². The highest BCUT2D eigenvalue weighted by molar-refractivity contribution is 14.0. The molecule has 6 aromatic heterocycles. The second-order valence-corrected chi connectivity index (χ2v) is 37.3. The van der Waals surface area contributed by atoms with Crippen molar-refractivity contribution in [1.29, 1.82) is 0 Å². The normalized spacial score (nSPS) is 33.3. The van der Waals surface area contributed by atoms with Gasteiger partial charge in [-0.05, 0) is 323 Å². The van der Waals surface area contributed by atoms with Crippen LogP contribution in [0.3, 0.4) is 0 Å². The Morgan fingerprint density at radius 1 is 0.283 bits per heavy atom.